The highest BCUT2D eigenvalue weighted by molar-refractivity contribution is 7.92. The van der Waals surface area contributed by atoms with Gasteiger partial charge < -0.3 is 4.90 Å². The number of rotatable bonds is 5. The van der Waals surface area contributed by atoms with Crippen LogP contribution in [0.4, 0.5) is 0 Å². The second-order valence-corrected chi connectivity index (χ2v) is 6.29. The van der Waals surface area contributed by atoms with Crippen molar-refractivity contribution in [1.29, 1.82) is 5.26 Å². The minimum absolute atomic E-state index is 0.148. The number of amides is 1. The minimum atomic E-state index is -3.63. The van der Waals surface area contributed by atoms with E-state index in [9.17, 15) is 13.2 Å². The molecular formula is C13H16N2O3S. The maximum absolute atomic E-state index is 12.1. The van der Waals surface area contributed by atoms with Crippen LogP contribution in [0.2, 0.25) is 0 Å². The molecule has 0 heterocycles. The van der Waals surface area contributed by atoms with Crippen LogP contribution in [0.15, 0.2) is 29.2 Å². The molecule has 0 unspecified atom stereocenters. The third-order valence-corrected chi connectivity index (χ3v) is 4.25. The van der Waals surface area contributed by atoms with Crippen molar-refractivity contribution in [3.63, 3.8) is 0 Å². The van der Waals surface area contributed by atoms with Gasteiger partial charge in [0.1, 0.15) is 5.75 Å². The molecule has 0 aromatic heterocycles. The van der Waals surface area contributed by atoms with E-state index in [4.69, 9.17) is 5.26 Å². The van der Waals surface area contributed by atoms with Crippen molar-refractivity contribution in [2.24, 2.45) is 0 Å². The number of nitriles is 1. The number of carbonyl (C=O) groups is 1. The van der Waals surface area contributed by atoms with E-state index in [-0.39, 0.29) is 17.9 Å². The van der Waals surface area contributed by atoms with Crippen LogP contribution in [-0.2, 0) is 14.6 Å². The summed E-state index contributed by atoms with van der Waals surface area (Å²) in [6.07, 6.45) is 0.187. The third-order valence-electron chi connectivity index (χ3n) is 2.65. The molecule has 0 saturated carbocycles. The van der Waals surface area contributed by atoms with Crippen LogP contribution in [0.3, 0.4) is 0 Å². The second kappa shape index (κ2) is 6.34. The van der Waals surface area contributed by atoms with Crippen molar-refractivity contribution in [2.75, 3.05) is 19.3 Å². The summed E-state index contributed by atoms with van der Waals surface area (Å²) in [5, 5.41) is 8.43. The van der Waals surface area contributed by atoms with E-state index in [2.05, 4.69) is 0 Å². The van der Waals surface area contributed by atoms with Crippen LogP contribution >= 0.6 is 0 Å². The van der Waals surface area contributed by atoms with Gasteiger partial charge in [0.05, 0.1) is 17.4 Å². The van der Waals surface area contributed by atoms with Crippen LogP contribution in [0, 0.1) is 18.3 Å². The van der Waals surface area contributed by atoms with Crippen molar-refractivity contribution >= 4 is 15.7 Å². The van der Waals surface area contributed by atoms with Gasteiger partial charge >= 0.3 is 0 Å². The van der Waals surface area contributed by atoms with Gasteiger partial charge in [0.25, 0.3) is 0 Å². The topological polar surface area (TPSA) is 78.2 Å². The zero-order valence-electron chi connectivity index (χ0n) is 11.0. The molecule has 1 amide bonds. The van der Waals surface area contributed by atoms with Gasteiger partial charge in [0, 0.05) is 13.6 Å². The second-order valence-electron chi connectivity index (χ2n) is 4.30. The SMILES string of the molecule is Cc1cccc(S(=O)(=O)CC(=O)N(C)CCC#N)c1. The molecule has 0 saturated heterocycles. The molecule has 0 fully saturated rings. The summed E-state index contributed by atoms with van der Waals surface area (Å²) in [6, 6.07) is 8.37. The van der Waals surface area contributed by atoms with Gasteiger partial charge in [-0.1, -0.05) is 12.1 Å². The van der Waals surface area contributed by atoms with E-state index in [1.807, 2.05) is 6.07 Å². The summed E-state index contributed by atoms with van der Waals surface area (Å²) >= 11 is 0. The number of hydrogen-bond donors (Lipinski definition) is 0. The third kappa shape index (κ3) is 4.38. The molecule has 0 aliphatic heterocycles. The Morgan fingerprint density at radius 2 is 2.11 bits per heavy atom. The largest absolute Gasteiger partial charge is 0.344 e. The summed E-state index contributed by atoms with van der Waals surface area (Å²) in [5.74, 6) is -1.07. The van der Waals surface area contributed by atoms with Crippen molar-refractivity contribution < 1.29 is 13.2 Å². The van der Waals surface area contributed by atoms with Crippen LogP contribution in [0.5, 0.6) is 0 Å². The molecule has 19 heavy (non-hydrogen) atoms. The zero-order chi connectivity index (χ0) is 14.5. The predicted octanol–water partition coefficient (Wildman–Crippen LogP) is 1.14. The Morgan fingerprint density at radius 1 is 1.42 bits per heavy atom. The van der Waals surface area contributed by atoms with E-state index >= 15 is 0 Å². The van der Waals surface area contributed by atoms with Crippen molar-refractivity contribution in [2.45, 2.75) is 18.2 Å². The molecule has 0 radical (unpaired) electrons. The van der Waals surface area contributed by atoms with Gasteiger partial charge in [-0.3, -0.25) is 4.79 Å². The van der Waals surface area contributed by atoms with Gasteiger partial charge in [-0.15, -0.1) is 0 Å². The molecule has 0 N–H and O–H groups in total. The number of aryl methyl sites for hydroxylation is 1. The predicted molar refractivity (Wildman–Crippen MR) is 71.1 cm³/mol. The van der Waals surface area contributed by atoms with Crippen LogP contribution in [-0.4, -0.2) is 38.6 Å². The highest BCUT2D eigenvalue weighted by Gasteiger charge is 2.21. The lowest BCUT2D eigenvalue weighted by Crippen LogP contribution is -2.33. The molecular weight excluding hydrogens is 264 g/mol. The molecule has 102 valence electrons. The van der Waals surface area contributed by atoms with E-state index in [1.54, 1.807) is 19.1 Å². The fourth-order valence-corrected chi connectivity index (χ4v) is 2.87. The summed E-state index contributed by atoms with van der Waals surface area (Å²) < 4.78 is 24.1. The lowest BCUT2D eigenvalue weighted by atomic mass is 10.2. The number of carbonyl (C=O) groups excluding carboxylic acids is 1. The monoisotopic (exact) mass is 280 g/mol. The van der Waals surface area contributed by atoms with E-state index in [0.717, 1.165) is 5.56 Å². The molecule has 0 aliphatic carbocycles. The Labute approximate surface area is 113 Å². The molecule has 0 spiro atoms. The Hall–Kier alpha value is -1.87. The number of sulfone groups is 1. The summed E-state index contributed by atoms with van der Waals surface area (Å²) in [6.45, 7) is 2.03. The first-order chi connectivity index (χ1) is 8.86. The molecule has 6 heteroatoms. The molecule has 1 rings (SSSR count). The first kappa shape index (κ1) is 15.2. The van der Waals surface area contributed by atoms with Crippen LogP contribution in [0.25, 0.3) is 0 Å². The maximum Gasteiger partial charge on any atom is 0.237 e. The lowest BCUT2D eigenvalue weighted by molar-refractivity contribution is -0.127. The van der Waals surface area contributed by atoms with Crippen LogP contribution in [0.1, 0.15) is 12.0 Å². The van der Waals surface area contributed by atoms with Crippen molar-refractivity contribution in [3.05, 3.63) is 29.8 Å². The molecule has 5 nitrogen and oxygen atoms in total. The molecule has 1 aromatic rings. The minimum Gasteiger partial charge on any atom is -0.344 e. The maximum atomic E-state index is 12.1. The Morgan fingerprint density at radius 3 is 2.68 bits per heavy atom. The Kier molecular flexibility index (Phi) is 5.07. The fourth-order valence-electron chi connectivity index (χ4n) is 1.51. The Bertz CT molecular complexity index is 603. The number of nitrogens with zero attached hydrogens (tertiary/aromatic N) is 2. The first-order valence-electron chi connectivity index (χ1n) is 5.77. The Balaban J connectivity index is 2.81. The molecule has 0 bridgehead atoms. The van der Waals surface area contributed by atoms with Gasteiger partial charge in [-0.25, -0.2) is 8.42 Å². The average molecular weight is 280 g/mol. The zero-order valence-corrected chi connectivity index (χ0v) is 11.8. The van der Waals surface area contributed by atoms with Crippen molar-refractivity contribution in [3.8, 4) is 6.07 Å². The van der Waals surface area contributed by atoms with Gasteiger partial charge in [-0.05, 0) is 24.6 Å². The average Bonchev–Trinajstić information content (AvgIpc) is 2.35. The quantitative estimate of drug-likeness (QED) is 0.810. The molecule has 0 atom stereocenters. The van der Waals surface area contributed by atoms with Gasteiger partial charge in [0.15, 0.2) is 9.84 Å². The summed E-state index contributed by atoms with van der Waals surface area (Å²) in [7, 11) is -2.13. The number of hydrogen-bond acceptors (Lipinski definition) is 4. The van der Waals surface area contributed by atoms with E-state index < -0.39 is 21.5 Å². The summed E-state index contributed by atoms with van der Waals surface area (Å²) in [4.78, 5) is 13.2. The summed E-state index contributed by atoms with van der Waals surface area (Å²) in [5.41, 5.74) is 0.825. The van der Waals surface area contributed by atoms with E-state index in [1.165, 1.54) is 24.1 Å². The standard InChI is InChI=1S/C13H16N2O3S/c1-11-5-3-6-12(9-11)19(17,18)10-13(16)15(2)8-4-7-14/h3,5-6,9H,4,8,10H2,1-2H3. The van der Waals surface area contributed by atoms with Gasteiger partial charge in [0.2, 0.25) is 5.91 Å². The highest BCUT2D eigenvalue weighted by atomic mass is 32.2. The van der Waals surface area contributed by atoms with Crippen LogP contribution < -0.4 is 0 Å². The molecule has 0 aliphatic rings. The van der Waals surface area contributed by atoms with Gasteiger partial charge in [-0.2, -0.15) is 5.26 Å². The lowest BCUT2D eigenvalue weighted by Gasteiger charge is -2.15. The van der Waals surface area contributed by atoms with Crippen molar-refractivity contribution in [1.82, 2.24) is 4.90 Å². The first-order valence-corrected chi connectivity index (χ1v) is 7.42. The number of benzene rings is 1. The normalized spacial score (nSPS) is 10.8. The fraction of sp³-hybridized carbons (Fsp3) is 0.385. The highest BCUT2D eigenvalue weighted by Crippen LogP contribution is 2.13. The smallest absolute Gasteiger partial charge is 0.237 e. The molecule has 1 aromatic carbocycles. The van der Waals surface area contributed by atoms with E-state index in [0.29, 0.717) is 0 Å².